The van der Waals surface area contributed by atoms with Crippen LogP contribution < -0.4 is 27.0 Å². The number of carboxylic acid groups (broad SMARTS) is 9. The molecule has 2 aromatic rings. The van der Waals surface area contributed by atoms with Crippen molar-refractivity contribution in [2.75, 3.05) is 124 Å². The average molecular weight is 1440 g/mol. The zero-order valence-electron chi connectivity index (χ0n) is 56.5. The van der Waals surface area contributed by atoms with Crippen molar-refractivity contribution >= 4 is 89.2 Å². The molecule has 0 saturated carbocycles. The van der Waals surface area contributed by atoms with Crippen LogP contribution in [-0.4, -0.2) is 331 Å². The maximum atomic E-state index is 14.1. The summed E-state index contributed by atoms with van der Waals surface area (Å²) in [5.41, 5.74) is 6.45. The van der Waals surface area contributed by atoms with Gasteiger partial charge in [0.25, 0.3) is 0 Å². The van der Waals surface area contributed by atoms with E-state index in [1.165, 1.54) is 33.9 Å². The van der Waals surface area contributed by atoms with Gasteiger partial charge in [0.15, 0.2) is 0 Å². The Labute approximate surface area is 580 Å². The van der Waals surface area contributed by atoms with Gasteiger partial charge in [-0.05, 0) is 71.3 Å². The van der Waals surface area contributed by atoms with Crippen molar-refractivity contribution in [3.63, 3.8) is 0 Å². The standard InChI is InChI=1S/C61H96N16O24/c1-2-74(38-55(90)91)49(80)33-75-19-16-63-46(75)30-73(31-47-64-17-20-76(47)34-50(81)77(39-56(92)93)40-57(94)95)18-8-5-9-41(58(96)66-15-7-4-11-43(59(97)98)67-61(101)68-44(60(99)100)12-13-51(82)83)29-45(78)42(62)10-3-6-14-65-48(79)32-69-21-23-70(35-52(84)85)25-27-72(37-54(88)89)28-26-71(24-22-69)36-53(86)87/h16-17,19-20,41-44H,2-15,18,21-40,62H2,1H3,(H,65,79)(H,66,96)(H,82,83)(H,84,85)(H,86,87)(H,88,89)(H,90,91)(H,92,93)(H,94,95)(H,97,98)(H,99,100)(H2,67,68,101)/t41-,42?,43-,44-/m0/s1. The summed E-state index contributed by atoms with van der Waals surface area (Å²) in [5, 5.41) is 94.9. The van der Waals surface area contributed by atoms with Crippen molar-refractivity contribution < 1.29 is 118 Å². The van der Waals surface area contributed by atoms with Gasteiger partial charge in [-0.2, -0.15) is 0 Å². The van der Waals surface area contributed by atoms with Gasteiger partial charge in [0.1, 0.15) is 62.2 Å². The lowest BCUT2D eigenvalue weighted by Crippen LogP contribution is -2.51. The van der Waals surface area contributed by atoms with E-state index >= 15 is 0 Å². The molecular weight excluding hydrogens is 1340 g/mol. The SMILES string of the molecule is CCN(CC(=O)O)C(=O)Cn1ccnc1CN(CCCC[C@@H](CC(=O)C(N)CCCCNC(=O)CN1CCN(CC(=O)O)CCN(CC(=O)O)CCN(CC(=O)O)CC1)C(=O)NCCCC[C@H](NC(=O)N[C@@H](CCC(=O)O)C(=O)O)C(=O)O)Cc1nccn1CC(=O)N(CC(=O)O)CC(=O)O. The molecule has 0 aromatic carbocycles. The zero-order valence-corrected chi connectivity index (χ0v) is 56.5. The predicted molar refractivity (Wildman–Crippen MR) is 349 cm³/mol. The number of likely N-dealkylation sites (N-methyl/N-ethyl adjacent to an activating group) is 1. The molecule has 0 radical (unpaired) electrons. The Bertz CT molecular complexity index is 3060. The number of hydrogen-bond donors (Lipinski definition) is 14. The minimum Gasteiger partial charge on any atom is -0.481 e. The molecule has 0 aliphatic carbocycles. The summed E-state index contributed by atoms with van der Waals surface area (Å²) in [4.78, 5) is 204. The van der Waals surface area contributed by atoms with Crippen LogP contribution in [0.2, 0.25) is 0 Å². The van der Waals surface area contributed by atoms with E-state index in [9.17, 15) is 113 Å². The third-order valence-corrected chi connectivity index (χ3v) is 16.2. The number of carboxylic acids is 9. The van der Waals surface area contributed by atoms with Crippen LogP contribution in [0.1, 0.15) is 95.6 Å². The summed E-state index contributed by atoms with van der Waals surface area (Å²) >= 11 is 0. The van der Waals surface area contributed by atoms with Crippen LogP contribution in [0.5, 0.6) is 0 Å². The number of aliphatic carboxylic acids is 9. The molecule has 15 N–H and O–H groups in total. The van der Waals surface area contributed by atoms with Crippen molar-refractivity contribution in [3.05, 3.63) is 36.4 Å². The molecule has 101 heavy (non-hydrogen) atoms. The Morgan fingerprint density at radius 1 is 0.485 bits per heavy atom. The Morgan fingerprint density at radius 2 is 0.901 bits per heavy atom. The Balaban J connectivity index is 1.80. The van der Waals surface area contributed by atoms with Gasteiger partial charge < -0.3 is 91.9 Å². The summed E-state index contributed by atoms with van der Waals surface area (Å²) in [6, 6.07) is -5.41. The van der Waals surface area contributed by atoms with Crippen molar-refractivity contribution in [2.45, 2.75) is 128 Å². The number of nitrogens with zero attached hydrogens (tertiary/aromatic N) is 11. The molecule has 1 unspecified atom stereocenters. The Morgan fingerprint density at radius 3 is 1.34 bits per heavy atom. The number of amides is 6. The maximum absolute atomic E-state index is 14.1. The van der Waals surface area contributed by atoms with Crippen LogP contribution in [0.15, 0.2) is 24.8 Å². The summed E-state index contributed by atoms with van der Waals surface area (Å²) in [7, 11) is 0. The molecule has 2 aromatic heterocycles. The van der Waals surface area contributed by atoms with Gasteiger partial charge in [-0.15, -0.1) is 0 Å². The van der Waals surface area contributed by atoms with Crippen molar-refractivity contribution in [1.82, 2.24) is 74.7 Å². The minimum absolute atomic E-state index is 0.0113. The highest BCUT2D eigenvalue weighted by atomic mass is 16.4. The highest BCUT2D eigenvalue weighted by molar-refractivity contribution is 5.90. The maximum Gasteiger partial charge on any atom is 0.326 e. The predicted octanol–water partition coefficient (Wildman–Crippen LogP) is -3.80. The fraction of sp³-hybridized carbons (Fsp3) is 0.656. The quantitative estimate of drug-likeness (QED) is 0.0283. The molecule has 4 atom stereocenters. The third kappa shape index (κ3) is 35.7. The van der Waals surface area contributed by atoms with Crippen molar-refractivity contribution in [2.24, 2.45) is 11.7 Å². The fourth-order valence-electron chi connectivity index (χ4n) is 10.8. The number of ketones is 1. The molecular formula is C61H96N16O24. The number of rotatable bonds is 49. The molecule has 0 bridgehead atoms. The number of unbranched alkanes of at least 4 members (excludes halogenated alkanes) is 3. The molecule has 3 rings (SSSR count). The van der Waals surface area contributed by atoms with Crippen LogP contribution in [0.4, 0.5) is 4.79 Å². The fourth-order valence-corrected chi connectivity index (χ4v) is 10.8. The van der Waals surface area contributed by atoms with Crippen LogP contribution in [0.25, 0.3) is 0 Å². The second-order valence-corrected chi connectivity index (χ2v) is 24.2. The summed E-state index contributed by atoms with van der Waals surface area (Å²) in [5.74, 6) is -15.0. The number of nitrogens with two attached hydrogens (primary N) is 1. The molecule has 40 nitrogen and oxygen atoms in total. The van der Waals surface area contributed by atoms with Crippen LogP contribution in [0, 0.1) is 5.92 Å². The first-order chi connectivity index (χ1) is 47.8. The molecule has 0 spiro atoms. The Kier molecular flexibility index (Phi) is 38.8. The summed E-state index contributed by atoms with van der Waals surface area (Å²) in [6.45, 7) is -0.722. The lowest BCUT2D eigenvalue weighted by molar-refractivity contribution is -0.149. The number of urea groups is 1. The smallest absolute Gasteiger partial charge is 0.326 e. The highest BCUT2D eigenvalue weighted by Crippen LogP contribution is 2.19. The number of nitrogens with one attached hydrogen (secondary N) is 4. The van der Waals surface area contributed by atoms with Crippen LogP contribution in [-0.2, 0) is 93.3 Å². The average Bonchev–Trinajstić information content (AvgIpc) is 1.74. The monoisotopic (exact) mass is 1440 g/mol. The van der Waals surface area contributed by atoms with Gasteiger partial charge in [0.2, 0.25) is 23.6 Å². The normalized spacial score (nSPS) is 14.7. The first-order valence-electron chi connectivity index (χ1n) is 32.9. The number of Topliss-reactive ketones (excluding diaryl/α,β-unsaturated/α-hetero) is 1. The van der Waals surface area contributed by atoms with E-state index in [0.717, 1.165) is 4.90 Å². The van der Waals surface area contributed by atoms with Crippen molar-refractivity contribution in [1.29, 1.82) is 0 Å². The molecule has 1 fully saturated rings. The van der Waals surface area contributed by atoms with Gasteiger partial charge in [0.05, 0.1) is 45.3 Å². The molecule has 3 heterocycles. The number of carbonyl (C=O) groups excluding carboxylic acids is 6. The number of hydrogen-bond acceptors (Lipinski definition) is 23. The zero-order chi connectivity index (χ0) is 75.1. The number of aromatic nitrogens is 4. The first kappa shape index (κ1) is 85.5. The lowest BCUT2D eigenvalue weighted by Gasteiger charge is -2.32. The number of imidazole rings is 2. The minimum atomic E-state index is -1.64. The number of carbonyl (C=O) groups is 15. The molecule has 564 valence electrons. The van der Waals surface area contributed by atoms with Crippen molar-refractivity contribution in [3.8, 4) is 0 Å². The summed E-state index contributed by atoms with van der Waals surface area (Å²) in [6.07, 6.45) is 5.92. The van der Waals surface area contributed by atoms with Gasteiger partial charge in [-0.1, -0.05) is 6.42 Å². The molecule has 1 aliphatic rings. The van der Waals surface area contributed by atoms with Gasteiger partial charge in [0, 0.05) is 116 Å². The lowest BCUT2D eigenvalue weighted by atomic mass is 9.91. The van der Waals surface area contributed by atoms with E-state index in [-0.39, 0.29) is 175 Å². The second kappa shape index (κ2) is 45.8. The van der Waals surface area contributed by atoms with Gasteiger partial charge in [-0.25, -0.2) is 24.4 Å². The second-order valence-electron chi connectivity index (χ2n) is 24.2. The Hall–Kier alpha value is -9.77. The van der Waals surface area contributed by atoms with E-state index in [1.807, 2.05) is 10.2 Å². The first-order valence-corrected chi connectivity index (χ1v) is 32.9. The molecule has 6 amide bonds. The largest absolute Gasteiger partial charge is 0.481 e. The molecule has 1 saturated heterocycles. The topological polar surface area (TPSA) is 571 Å². The summed E-state index contributed by atoms with van der Waals surface area (Å²) < 4.78 is 2.91. The van der Waals surface area contributed by atoms with E-state index in [1.54, 1.807) is 26.5 Å². The van der Waals surface area contributed by atoms with Gasteiger partial charge >= 0.3 is 59.8 Å². The van der Waals surface area contributed by atoms with Gasteiger partial charge in [-0.3, -0.25) is 82.0 Å². The van der Waals surface area contributed by atoms with E-state index in [2.05, 4.69) is 25.9 Å². The van der Waals surface area contributed by atoms with E-state index in [4.69, 9.17) is 10.8 Å². The molecule has 1 aliphatic heterocycles. The highest BCUT2D eigenvalue weighted by Gasteiger charge is 2.29. The van der Waals surface area contributed by atoms with Crippen LogP contribution >= 0.6 is 0 Å². The van der Waals surface area contributed by atoms with E-state index < -0.39 is 152 Å². The van der Waals surface area contributed by atoms with E-state index in [0.29, 0.717) is 30.0 Å². The third-order valence-electron chi connectivity index (χ3n) is 16.2. The molecule has 40 heteroatoms. The van der Waals surface area contributed by atoms with Crippen LogP contribution in [0.3, 0.4) is 0 Å².